The van der Waals surface area contributed by atoms with Gasteiger partial charge in [-0.3, -0.25) is 4.79 Å². The summed E-state index contributed by atoms with van der Waals surface area (Å²) in [6.07, 6.45) is 5.04. The maximum atomic E-state index is 9.95. The van der Waals surface area contributed by atoms with Gasteiger partial charge >= 0.3 is 5.97 Å². The second-order valence-electron chi connectivity index (χ2n) is 1.35. The van der Waals surface area contributed by atoms with Gasteiger partial charge in [0.25, 0.3) is 0 Å². The molecule has 1 fully saturated rings. The Kier molecular flexibility index (Phi) is 0.759. The Morgan fingerprint density at radius 2 is 2.57 bits per heavy atom. The zero-order valence-corrected chi connectivity index (χ0v) is 3.68. The molecule has 0 radical (unpaired) electrons. The predicted octanol–water partition coefficient (Wildman–Crippen LogP) is -0.0649. The van der Waals surface area contributed by atoms with Crippen molar-refractivity contribution in [3.05, 3.63) is 0 Å². The second-order valence-corrected chi connectivity index (χ2v) is 1.35. The van der Waals surface area contributed by atoms with Crippen molar-refractivity contribution in [1.82, 2.24) is 0 Å². The fourth-order valence-electron chi connectivity index (χ4n) is 0.393. The van der Waals surface area contributed by atoms with Crippen molar-refractivity contribution in [3.63, 3.8) is 0 Å². The van der Waals surface area contributed by atoms with Gasteiger partial charge in [-0.05, 0) is 0 Å². The minimum absolute atomic E-state index is 0.192. The van der Waals surface area contributed by atoms with Crippen LogP contribution in [-0.2, 0) is 9.53 Å². The predicted molar refractivity (Wildman–Crippen MR) is 23.3 cm³/mol. The molecule has 0 spiro atoms. The standard InChI is InChI=1S/C5H4O2/c1-2-4-3-5(6)7-4/h1,4H,3H2. The molecule has 1 rings (SSSR count). The minimum Gasteiger partial charge on any atom is -0.448 e. The minimum atomic E-state index is -0.229. The average molecular weight is 96.1 g/mol. The molecule has 1 aliphatic heterocycles. The van der Waals surface area contributed by atoms with Crippen molar-refractivity contribution >= 4 is 5.97 Å². The number of esters is 1. The molecule has 7 heavy (non-hydrogen) atoms. The Bertz CT molecular complexity index is 124. The van der Waals surface area contributed by atoms with E-state index < -0.39 is 0 Å². The molecule has 1 unspecified atom stereocenters. The van der Waals surface area contributed by atoms with Crippen LogP contribution in [0.4, 0.5) is 0 Å². The van der Waals surface area contributed by atoms with E-state index in [0.717, 1.165) is 0 Å². The molecular formula is C5H4O2. The molecule has 0 saturated carbocycles. The SMILES string of the molecule is C#CC1CC(=O)O1. The zero-order chi connectivity index (χ0) is 5.28. The lowest BCUT2D eigenvalue weighted by molar-refractivity contribution is -0.163. The highest BCUT2D eigenvalue weighted by molar-refractivity contribution is 5.76. The van der Waals surface area contributed by atoms with Gasteiger partial charge in [0.2, 0.25) is 0 Å². The molecule has 0 N–H and O–H groups in total. The van der Waals surface area contributed by atoms with Crippen molar-refractivity contribution < 1.29 is 9.53 Å². The fraction of sp³-hybridized carbons (Fsp3) is 0.400. The summed E-state index contributed by atoms with van der Waals surface area (Å²) >= 11 is 0. The molecule has 0 aliphatic carbocycles. The molecule has 0 amide bonds. The van der Waals surface area contributed by atoms with Crippen LogP contribution in [0.2, 0.25) is 0 Å². The van der Waals surface area contributed by atoms with Gasteiger partial charge in [0.05, 0.1) is 6.42 Å². The Labute approximate surface area is 41.5 Å². The van der Waals surface area contributed by atoms with Crippen LogP contribution in [0.3, 0.4) is 0 Å². The van der Waals surface area contributed by atoms with Crippen LogP contribution < -0.4 is 0 Å². The molecule has 1 aliphatic rings. The average Bonchev–Trinajstić information content (AvgIpc) is 1.58. The summed E-state index contributed by atoms with van der Waals surface area (Å²) in [5.41, 5.74) is 0. The smallest absolute Gasteiger partial charge is 0.311 e. The molecule has 1 atom stereocenters. The fourth-order valence-corrected chi connectivity index (χ4v) is 0.393. The van der Waals surface area contributed by atoms with E-state index in [1.807, 2.05) is 0 Å². The third-order valence-electron chi connectivity index (χ3n) is 0.812. The molecular weight excluding hydrogens is 92.1 g/mol. The summed E-state index contributed by atoms with van der Waals surface area (Å²) in [5, 5.41) is 0. The number of cyclic esters (lactones) is 1. The van der Waals surface area contributed by atoms with Crippen LogP contribution in [0.25, 0.3) is 0 Å². The van der Waals surface area contributed by atoms with E-state index in [1.54, 1.807) is 0 Å². The van der Waals surface area contributed by atoms with Gasteiger partial charge in [0.15, 0.2) is 6.10 Å². The first-order chi connectivity index (χ1) is 3.33. The van der Waals surface area contributed by atoms with E-state index in [0.29, 0.717) is 6.42 Å². The number of carbonyl (C=O) groups is 1. The Morgan fingerprint density at radius 3 is 2.71 bits per heavy atom. The number of ether oxygens (including phenoxy) is 1. The molecule has 0 bridgehead atoms. The molecule has 0 aromatic rings. The number of hydrogen-bond donors (Lipinski definition) is 0. The van der Waals surface area contributed by atoms with Gasteiger partial charge in [0, 0.05) is 0 Å². The summed E-state index contributed by atoms with van der Waals surface area (Å²) in [6.45, 7) is 0. The summed E-state index contributed by atoms with van der Waals surface area (Å²) < 4.78 is 4.41. The first-order valence-electron chi connectivity index (χ1n) is 1.98. The van der Waals surface area contributed by atoms with Crippen molar-refractivity contribution in [2.45, 2.75) is 12.5 Å². The maximum Gasteiger partial charge on any atom is 0.311 e. The molecule has 0 aromatic heterocycles. The second kappa shape index (κ2) is 1.27. The van der Waals surface area contributed by atoms with Crippen LogP contribution in [0.5, 0.6) is 0 Å². The van der Waals surface area contributed by atoms with Crippen LogP contribution in [0.1, 0.15) is 6.42 Å². The number of carbonyl (C=O) groups excluding carboxylic acids is 1. The van der Waals surface area contributed by atoms with Crippen LogP contribution in [0.15, 0.2) is 0 Å². The number of rotatable bonds is 0. The van der Waals surface area contributed by atoms with E-state index >= 15 is 0 Å². The molecule has 36 valence electrons. The number of terminal acetylenes is 1. The van der Waals surface area contributed by atoms with Crippen LogP contribution in [0, 0.1) is 12.3 Å². The lowest BCUT2D eigenvalue weighted by Crippen LogP contribution is -2.30. The highest BCUT2D eigenvalue weighted by Gasteiger charge is 2.25. The van der Waals surface area contributed by atoms with Gasteiger partial charge in [0.1, 0.15) is 0 Å². The summed E-state index contributed by atoms with van der Waals surface area (Å²) in [6, 6.07) is 0. The Hall–Kier alpha value is -0.970. The van der Waals surface area contributed by atoms with Crippen molar-refractivity contribution in [1.29, 1.82) is 0 Å². The monoisotopic (exact) mass is 96.0 g/mol. The zero-order valence-electron chi connectivity index (χ0n) is 3.68. The van der Waals surface area contributed by atoms with Gasteiger partial charge in [-0.1, -0.05) is 5.92 Å². The van der Waals surface area contributed by atoms with E-state index in [-0.39, 0.29) is 12.1 Å². The van der Waals surface area contributed by atoms with Gasteiger partial charge < -0.3 is 4.74 Å². The van der Waals surface area contributed by atoms with E-state index in [2.05, 4.69) is 10.7 Å². The van der Waals surface area contributed by atoms with E-state index in [1.165, 1.54) is 0 Å². The van der Waals surface area contributed by atoms with Gasteiger partial charge in [-0.2, -0.15) is 0 Å². The van der Waals surface area contributed by atoms with Crippen molar-refractivity contribution in [2.75, 3.05) is 0 Å². The summed E-state index contributed by atoms with van der Waals surface area (Å²) in [5.74, 6) is 2.10. The summed E-state index contributed by atoms with van der Waals surface area (Å²) in [7, 11) is 0. The van der Waals surface area contributed by atoms with Crippen LogP contribution >= 0.6 is 0 Å². The third-order valence-corrected chi connectivity index (χ3v) is 0.812. The lowest BCUT2D eigenvalue weighted by atomic mass is 10.2. The maximum absolute atomic E-state index is 9.95. The Morgan fingerprint density at radius 1 is 2.00 bits per heavy atom. The molecule has 2 heteroatoms. The van der Waals surface area contributed by atoms with Gasteiger partial charge in [-0.25, -0.2) is 0 Å². The first kappa shape index (κ1) is 4.20. The summed E-state index contributed by atoms with van der Waals surface area (Å²) in [4.78, 5) is 9.95. The van der Waals surface area contributed by atoms with Crippen molar-refractivity contribution in [3.8, 4) is 12.3 Å². The van der Waals surface area contributed by atoms with Crippen molar-refractivity contribution in [2.24, 2.45) is 0 Å². The Balaban J connectivity index is 2.34. The lowest BCUT2D eigenvalue weighted by Gasteiger charge is -2.19. The normalized spacial score (nSPS) is 27.3. The molecule has 0 aromatic carbocycles. The molecule has 1 saturated heterocycles. The first-order valence-corrected chi connectivity index (χ1v) is 1.98. The molecule has 1 heterocycles. The number of hydrogen-bond acceptors (Lipinski definition) is 2. The van der Waals surface area contributed by atoms with E-state index in [4.69, 9.17) is 6.42 Å². The van der Waals surface area contributed by atoms with Gasteiger partial charge in [-0.15, -0.1) is 6.42 Å². The van der Waals surface area contributed by atoms with E-state index in [9.17, 15) is 4.79 Å². The highest BCUT2D eigenvalue weighted by Crippen LogP contribution is 2.10. The topological polar surface area (TPSA) is 26.3 Å². The largest absolute Gasteiger partial charge is 0.448 e. The highest BCUT2D eigenvalue weighted by atomic mass is 16.6. The van der Waals surface area contributed by atoms with Crippen LogP contribution in [-0.4, -0.2) is 12.1 Å². The quantitative estimate of drug-likeness (QED) is 0.312. The third kappa shape index (κ3) is 0.566. The molecule has 2 nitrogen and oxygen atoms in total.